The van der Waals surface area contributed by atoms with Crippen LogP contribution in [0, 0.1) is 11.3 Å². The van der Waals surface area contributed by atoms with E-state index in [9.17, 15) is 0 Å². The Balaban J connectivity index is 1.54. The zero-order chi connectivity index (χ0) is 14.7. The van der Waals surface area contributed by atoms with Crippen LogP contribution >= 0.6 is 0 Å². The minimum absolute atomic E-state index is 0.145. The lowest BCUT2D eigenvalue weighted by atomic mass is 9.84. The number of piperidine rings is 1. The standard InChI is InChI=1S/C18H22N2O/c1-15-17(13-19)14-21-18(15)8-11-20(12-9-18)10-7-16-5-3-2-4-6-16/h2-6H,7-12,14H2,1H3. The van der Waals surface area contributed by atoms with Crippen LogP contribution in [0.25, 0.3) is 0 Å². The molecular formula is C18H22N2O. The van der Waals surface area contributed by atoms with Gasteiger partial charge in [-0.25, -0.2) is 0 Å². The van der Waals surface area contributed by atoms with E-state index in [-0.39, 0.29) is 5.60 Å². The Bertz CT molecular complexity index is 563. The molecule has 3 rings (SSSR count). The lowest BCUT2D eigenvalue weighted by Gasteiger charge is -2.39. The third kappa shape index (κ3) is 2.88. The third-order valence-electron chi connectivity index (χ3n) is 4.99. The molecule has 3 nitrogen and oxygen atoms in total. The van der Waals surface area contributed by atoms with Crippen LogP contribution in [0.5, 0.6) is 0 Å². The molecule has 1 aromatic rings. The van der Waals surface area contributed by atoms with E-state index in [1.165, 1.54) is 11.1 Å². The molecule has 2 heterocycles. The second kappa shape index (κ2) is 6.01. The van der Waals surface area contributed by atoms with Gasteiger partial charge in [-0.05, 0) is 37.3 Å². The van der Waals surface area contributed by atoms with Crippen molar-refractivity contribution in [2.45, 2.75) is 31.8 Å². The van der Waals surface area contributed by atoms with Crippen molar-refractivity contribution in [2.24, 2.45) is 0 Å². The highest BCUT2D eigenvalue weighted by atomic mass is 16.5. The van der Waals surface area contributed by atoms with Gasteiger partial charge in [-0.1, -0.05) is 30.3 Å². The van der Waals surface area contributed by atoms with E-state index >= 15 is 0 Å². The normalized spacial score (nSPS) is 21.7. The van der Waals surface area contributed by atoms with E-state index in [0.717, 1.165) is 44.5 Å². The molecule has 21 heavy (non-hydrogen) atoms. The fraction of sp³-hybridized carbons (Fsp3) is 0.500. The van der Waals surface area contributed by atoms with Crippen LogP contribution in [0.2, 0.25) is 0 Å². The van der Waals surface area contributed by atoms with Crippen molar-refractivity contribution in [1.29, 1.82) is 5.26 Å². The van der Waals surface area contributed by atoms with E-state index in [1.54, 1.807) is 0 Å². The first-order valence-electron chi connectivity index (χ1n) is 7.74. The van der Waals surface area contributed by atoms with Crippen LogP contribution in [-0.4, -0.2) is 36.7 Å². The van der Waals surface area contributed by atoms with Gasteiger partial charge in [0.25, 0.3) is 0 Å². The maximum Gasteiger partial charge on any atom is 0.0972 e. The largest absolute Gasteiger partial charge is 0.365 e. The van der Waals surface area contributed by atoms with Gasteiger partial charge in [0.2, 0.25) is 0 Å². The SMILES string of the molecule is CC1=C(C#N)COC12CCN(CCc1ccccc1)CC2. The number of nitriles is 1. The molecule has 0 radical (unpaired) electrons. The first-order valence-corrected chi connectivity index (χ1v) is 7.74. The number of benzene rings is 1. The van der Waals surface area contributed by atoms with Crippen LogP contribution in [0.3, 0.4) is 0 Å². The maximum atomic E-state index is 9.11. The summed E-state index contributed by atoms with van der Waals surface area (Å²) in [5, 5.41) is 9.11. The first-order chi connectivity index (χ1) is 10.2. The van der Waals surface area contributed by atoms with Gasteiger partial charge in [0, 0.05) is 19.6 Å². The average Bonchev–Trinajstić information content (AvgIpc) is 2.84. The van der Waals surface area contributed by atoms with E-state index in [0.29, 0.717) is 6.61 Å². The van der Waals surface area contributed by atoms with Crippen LogP contribution in [0.15, 0.2) is 41.5 Å². The zero-order valence-electron chi connectivity index (χ0n) is 12.6. The predicted molar refractivity (Wildman–Crippen MR) is 82.8 cm³/mol. The lowest BCUT2D eigenvalue weighted by Crippen LogP contribution is -2.45. The summed E-state index contributed by atoms with van der Waals surface area (Å²) in [6.45, 7) is 5.80. The summed E-state index contributed by atoms with van der Waals surface area (Å²) in [4.78, 5) is 2.51. The first kappa shape index (κ1) is 14.3. The summed E-state index contributed by atoms with van der Waals surface area (Å²) >= 11 is 0. The minimum atomic E-state index is -0.145. The molecule has 0 saturated carbocycles. The van der Waals surface area contributed by atoms with Gasteiger partial charge in [0.1, 0.15) is 0 Å². The highest BCUT2D eigenvalue weighted by Crippen LogP contribution is 2.39. The van der Waals surface area contributed by atoms with E-state index in [2.05, 4.69) is 48.2 Å². The van der Waals surface area contributed by atoms with E-state index < -0.39 is 0 Å². The molecule has 0 aliphatic carbocycles. The van der Waals surface area contributed by atoms with E-state index in [4.69, 9.17) is 10.00 Å². The smallest absolute Gasteiger partial charge is 0.0972 e. The van der Waals surface area contributed by atoms with E-state index in [1.807, 2.05) is 0 Å². The van der Waals surface area contributed by atoms with Crippen molar-refractivity contribution < 1.29 is 4.74 Å². The highest BCUT2D eigenvalue weighted by molar-refractivity contribution is 5.37. The molecule has 1 fully saturated rings. The molecule has 1 spiro atoms. The van der Waals surface area contributed by atoms with Gasteiger partial charge in [-0.2, -0.15) is 5.26 Å². The van der Waals surface area contributed by atoms with Crippen LogP contribution < -0.4 is 0 Å². The molecule has 0 amide bonds. The molecular weight excluding hydrogens is 260 g/mol. The molecule has 0 aromatic heterocycles. The summed E-state index contributed by atoms with van der Waals surface area (Å²) in [5.41, 5.74) is 3.27. The topological polar surface area (TPSA) is 36.3 Å². The molecule has 110 valence electrons. The van der Waals surface area contributed by atoms with Crippen molar-refractivity contribution in [3.8, 4) is 6.07 Å². The Morgan fingerprint density at radius 2 is 1.95 bits per heavy atom. The Hall–Kier alpha value is -1.63. The van der Waals surface area contributed by atoms with Gasteiger partial charge in [0.15, 0.2) is 0 Å². The summed E-state index contributed by atoms with van der Waals surface area (Å²) in [5.74, 6) is 0. The van der Waals surface area contributed by atoms with Crippen LogP contribution in [0.4, 0.5) is 0 Å². The molecule has 2 aliphatic heterocycles. The Kier molecular flexibility index (Phi) is 4.10. The predicted octanol–water partition coefficient (Wildman–Crippen LogP) is 2.93. The van der Waals surface area contributed by atoms with Crippen molar-refractivity contribution in [3.05, 3.63) is 47.0 Å². The van der Waals surface area contributed by atoms with Crippen LogP contribution in [-0.2, 0) is 11.2 Å². The number of rotatable bonds is 3. The van der Waals surface area contributed by atoms with Gasteiger partial charge in [-0.3, -0.25) is 0 Å². The number of nitrogens with zero attached hydrogens (tertiary/aromatic N) is 2. The molecule has 0 N–H and O–H groups in total. The third-order valence-corrected chi connectivity index (χ3v) is 4.99. The fourth-order valence-electron chi connectivity index (χ4n) is 3.41. The van der Waals surface area contributed by atoms with Crippen LogP contribution in [0.1, 0.15) is 25.3 Å². The fourth-order valence-corrected chi connectivity index (χ4v) is 3.41. The second-order valence-electron chi connectivity index (χ2n) is 6.08. The highest BCUT2D eigenvalue weighted by Gasteiger charge is 2.42. The summed E-state index contributed by atoms with van der Waals surface area (Å²) < 4.78 is 5.99. The lowest BCUT2D eigenvalue weighted by molar-refractivity contribution is -0.0302. The van der Waals surface area contributed by atoms with Gasteiger partial charge in [-0.15, -0.1) is 0 Å². The Morgan fingerprint density at radius 3 is 2.57 bits per heavy atom. The maximum absolute atomic E-state index is 9.11. The summed E-state index contributed by atoms with van der Waals surface area (Å²) in [6.07, 6.45) is 3.13. The number of likely N-dealkylation sites (tertiary alicyclic amines) is 1. The molecule has 0 bridgehead atoms. The average molecular weight is 282 g/mol. The molecule has 1 aromatic carbocycles. The quantitative estimate of drug-likeness (QED) is 0.855. The van der Waals surface area contributed by atoms with Crippen molar-refractivity contribution in [2.75, 3.05) is 26.2 Å². The monoisotopic (exact) mass is 282 g/mol. The summed E-state index contributed by atoms with van der Waals surface area (Å²) in [7, 11) is 0. The Labute approximate surface area is 126 Å². The summed E-state index contributed by atoms with van der Waals surface area (Å²) in [6, 6.07) is 12.9. The number of hydrogen-bond acceptors (Lipinski definition) is 3. The molecule has 3 heteroatoms. The molecule has 0 unspecified atom stereocenters. The molecule has 0 atom stereocenters. The second-order valence-corrected chi connectivity index (χ2v) is 6.08. The van der Waals surface area contributed by atoms with Crippen molar-refractivity contribution >= 4 is 0 Å². The van der Waals surface area contributed by atoms with Gasteiger partial charge >= 0.3 is 0 Å². The molecule has 1 saturated heterocycles. The Morgan fingerprint density at radius 1 is 1.24 bits per heavy atom. The van der Waals surface area contributed by atoms with Gasteiger partial charge in [0.05, 0.1) is 23.9 Å². The van der Waals surface area contributed by atoms with Gasteiger partial charge < -0.3 is 9.64 Å². The number of hydrogen-bond donors (Lipinski definition) is 0. The number of ether oxygens (including phenoxy) is 1. The minimum Gasteiger partial charge on any atom is -0.365 e. The molecule has 2 aliphatic rings. The van der Waals surface area contributed by atoms with Crippen molar-refractivity contribution in [3.63, 3.8) is 0 Å². The zero-order valence-corrected chi connectivity index (χ0v) is 12.6. The van der Waals surface area contributed by atoms with Crippen molar-refractivity contribution in [1.82, 2.24) is 4.90 Å².